The van der Waals surface area contributed by atoms with Gasteiger partial charge in [0.05, 0.1) is 10.7 Å². The van der Waals surface area contributed by atoms with Crippen molar-refractivity contribution in [3.63, 3.8) is 0 Å². The highest BCUT2D eigenvalue weighted by Gasteiger charge is 2.07. The summed E-state index contributed by atoms with van der Waals surface area (Å²) in [5, 5.41) is 4.82. The number of nitrogens with zero attached hydrogens (tertiary/aromatic N) is 1. The van der Waals surface area contributed by atoms with Crippen LogP contribution in [-0.4, -0.2) is 18.1 Å². The quantitative estimate of drug-likeness (QED) is 0.804. The summed E-state index contributed by atoms with van der Waals surface area (Å²) in [6.45, 7) is 13.3. The molecule has 0 radical (unpaired) electrons. The van der Waals surface area contributed by atoms with Gasteiger partial charge in [-0.05, 0) is 51.6 Å². The highest BCUT2D eigenvalue weighted by Crippen LogP contribution is 2.19. The maximum absolute atomic E-state index is 4.59. The molecule has 0 bridgehead atoms. The summed E-state index contributed by atoms with van der Waals surface area (Å²) in [5.74, 6) is 1.48. The van der Waals surface area contributed by atoms with Crippen molar-refractivity contribution in [2.45, 2.75) is 47.5 Å². The Kier molecular flexibility index (Phi) is 6.14. The van der Waals surface area contributed by atoms with Crippen molar-refractivity contribution >= 4 is 11.3 Å². The average Bonchev–Trinajstić information content (AvgIpc) is 2.55. The van der Waals surface area contributed by atoms with Gasteiger partial charge in [-0.3, -0.25) is 0 Å². The number of thiazole rings is 1. The molecule has 0 amide bonds. The Balaban J connectivity index is 2.21. The lowest BCUT2D eigenvalue weighted by molar-refractivity contribution is 0.454. The predicted molar refractivity (Wildman–Crippen MR) is 76.8 cm³/mol. The lowest BCUT2D eigenvalue weighted by Crippen LogP contribution is -2.25. The van der Waals surface area contributed by atoms with Crippen molar-refractivity contribution < 1.29 is 0 Å². The van der Waals surface area contributed by atoms with Gasteiger partial charge in [0.2, 0.25) is 0 Å². The summed E-state index contributed by atoms with van der Waals surface area (Å²) in [5.41, 5.74) is 1.20. The molecule has 1 aromatic rings. The maximum atomic E-state index is 4.59. The Labute approximate surface area is 110 Å². The fourth-order valence-corrected chi connectivity index (χ4v) is 2.69. The van der Waals surface area contributed by atoms with Gasteiger partial charge in [-0.1, -0.05) is 20.8 Å². The molecule has 1 unspecified atom stereocenters. The first-order valence-corrected chi connectivity index (χ1v) is 7.44. The molecule has 17 heavy (non-hydrogen) atoms. The van der Waals surface area contributed by atoms with E-state index < -0.39 is 0 Å². The van der Waals surface area contributed by atoms with E-state index >= 15 is 0 Å². The summed E-state index contributed by atoms with van der Waals surface area (Å²) in [6.07, 6.45) is 2.36. The molecule has 0 aliphatic rings. The molecule has 1 atom stereocenters. The Morgan fingerprint density at radius 2 is 1.88 bits per heavy atom. The van der Waals surface area contributed by atoms with Crippen molar-refractivity contribution in [2.24, 2.45) is 11.8 Å². The van der Waals surface area contributed by atoms with E-state index in [-0.39, 0.29) is 0 Å². The van der Waals surface area contributed by atoms with Crippen LogP contribution in [0.4, 0.5) is 0 Å². The third-order valence-corrected chi connectivity index (χ3v) is 4.10. The normalized spacial score (nSPS) is 13.3. The van der Waals surface area contributed by atoms with E-state index in [1.165, 1.54) is 22.0 Å². The van der Waals surface area contributed by atoms with Crippen molar-refractivity contribution in [2.75, 3.05) is 13.1 Å². The Bertz CT molecular complexity index is 311. The summed E-state index contributed by atoms with van der Waals surface area (Å²) >= 11 is 1.85. The van der Waals surface area contributed by atoms with E-state index in [0.29, 0.717) is 0 Å². The van der Waals surface area contributed by atoms with Crippen molar-refractivity contribution in [1.29, 1.82) is 0 Å². The van der Waals surface area contributed by atoms with Crippen LogP contribution in [-0.2, 0) is 6.42 Å². The highest BCUT2D eigenvalue weighted by atomic mass is 32.1. The molecule has 98 valence electrons. The molecule has 2 nitrogen and oxygen atoms in total. The Hall–Kier alpha value is -0.410. The smallest absolute Gasteiger partial charge is 0.0930 e. The second-order valence-corrected chi connectivity index (χ2v) is 6.73. The third-order valence-electron chi connectivity index (χ3n) is 2.97. The first-order chi connectivity index (χ1) is 7.99. The second kappa shape index (κ2) is 7.12. The molecule has 1 aromatic heterocycles. The van der Waals surface area contributed by atoms with E-state index in [0.717, 1.165) is 31.3 Å². The summed E-state index contributed by atoms with van der Waals surface area (Å²) in [6, 6.07) is 0. The minimum Gasteiger partial charge on any atom is -0.316 e. The van der Waals surface area contributed by atoms with Crippen LogP contribution in [0, 0.1) is 25.7 Å². The van der Waals surface area contributed by atoms with E-state index in [2.05, 4.69) is 44.9 Å². The molecule has 0 fully saturated rings. The van der Waals surface area contributed by atoms with Crippen LogP contribution in [0.15, 0.2) is 0 Å². The molecule has 1 heterocycles. The minimum atomic E-state index is 0.735. The zero-order valence-corrected chi connectivity index (χ0v) is 12.7. The average molecular weight is 254 g/mol. The number of rotatable bonds is 7. The van der Waals surface area contributed by atoms with E-state index in [1.807, 2.05) is 11.3 Å². The van der Waals surface area contributed by atoms with Crippen molar-refractivity contribution in [3.8, 4) is 0 Å². The van der Waals surface area contributed by atoms with Crippen LogP contribution in [0.1, 0.15) is 42.8 Å². The Morgan fingerprint density at radius 3 is 2.41 bits per heavy atom. The van der Waals surface area contributed by atoms with Crippen LogP contribution in [0.25, 0.3) is 0 Å². The van der Waals surface area contributed by atoms with Gasteiger partial charge in [-0.2, -0.15) is 0 Å². The fraction of sp³-hybridized carbons (Fsp3) is 0.786. The van der Waals surface area contributed by atoms with E-state index in [9.17, 15) is 0 Å². The van der Waals surface area contributed by atoms with Crippen LogP contribution in [0.5, 0.6) is 0 Å². The zero-order valence-electron chi connectivity index (χ0n) is 11.8. The number of hydrogen-bond donors (Lipinski definition) is 1. The molecular formula is C14H26N2S. The van der Waals surface area contributed by atoms with Crippen molar-refractivity contribution in [1.82, 2.24) is 10.3 Å². The summed E-state index contributed by atoms with van der Waals surface area (Å²) in [7, 11) is 0. The summed E-state index contributed by atoms with van der Waals surface area (Å²) in [4.78, 5) is 5.96. The molecule has 0 spiro atoms. The fourth-order valence-electron chi connectivity index (χ4n) is 1.74. The first-order valence-electron chi connectivity index (χ1n) is 6.62. The third kappa shape index (κ3) is 5.64. The molecule has 0 aliphatic heterocycles. The maximum Gasteiger partial charge on any atom is 0.0930 e. The minimum absolute atomic E-state index is 0.735. The zero-order chi connectivity index (χ0) is 12.8. The molecule has 0 saturated carbocycles. The number of nitrogens with one attached hydrogen (secondary N) is 1. The molecular weight excluding hydrogens is 228 g/mol. The first kappa shape index (κ1) is 14.7. The SMILES string of the molecule is Cc1nc(CCC(C)CNCC(C)C)sc1C. The summed E-state index contributed by atoms with van der Waals surface area (Å²) < 4.78 is 0. The van der Waals surface area contributed by atoms with Crippen LogP contribution < -0.4 is 5.32 Å². The largest absolute Gasteiger partial charge is 0.316 e. The van der Waals surface area contributed by atoms with E-state index in [1.54, 1.807) is 0 Å². The highest BCUT2D eigenvalue weighted by molar-refractivity contribution is 7.11. The lowest BCUT2D eigenvalue weighted by atomic mass is 10.1. The van der Waals surface area contributed by atoms with Gasteiger partial charge in [0.1, 0.15) is 0 Å². The van der Waals surface area contributed by atoms with Gasteiger partial charge >= 0.3 is 0 Å². The number of aromatic nitrogens is 1. The van der Waals surface area contributed by atoms with Gasteiger partial charge in [-0.25, -0.2) is 4.98 Å². The number of hydrogen-bond acceptors (Lipinski definition) is 3. The van der Waals surface area contributed by atoms with Gasteiger partial charge in [0.25, 0.3) is 0 Å². The monoisotopic (exact) mass is 254 g/mol. The van der Waals surface area contributed by atoms with Crippen LogP contribution in [0.2, 0.25) is 0 Å². The molecule has 0 aliphatic carbocycles. The second-order valence-electron chi connectivity index (χ2n) is 5.45. The van der Waals surface area contributed by atoms with Crippen LogP contribution >= 0.6 is 11.3 Å². The van der Waals surface area contributed by atoms with Gasteiger partial charge in [0.15, 0.2) is 0 Å². The molecule has 1 rings (SSSR count). The van der Waals surface area contributed by atoms with Gasteiger partial charge in [0, 0.05) is 4.88 Å². The molecule has 3 heteroatoms. The Morgan fingerprint density at radius 1 is 1.18 bits per heavy atom. The number of aryl methyl sites for hydroxylation is 3. The van der Waals surface area contributed by atoms with Gasteiger partial charge < -0.3 is 5.32 Å². The van der Waals surface area contributed by atoms with Crippen molar-refractivity contribution in [3.05, 3.63) is 15.6 Å². The van der Waals surface area contributed by atoms with E-state index in [4.69, 9.17) is 0 Å². The standard InChI is InChI=1S/C14H26N2S/c1-10(2)8-15-9-11(3)6-7-14-16-12(4)13(5)17-14/h10-11,15H,6-9H2,1-5H3. The predicted octanol–water partition coefficient (Wildman–Crippen LogP) is 3.57. The molecule has 0 aromatic carbocycles. The molecule has 1 N–H and O–H groups in total. The molecule has 0 saturated heterocycles. The lowest BCUT2D eigenvalue weighted by Gasteiger charge is -2.13. The van der Waals surface area contributed by atoms with Crippen LogP contribution in [0.3, 0.4) is 0 Å². The van der Waals surface area contributed by atoms with Gasteiger partial charge in [-0.15, -0.1) is 11.3 Å². The topological polar surface area (TPSA) is 24.9 Å².